The van der Waals surface area contributed by atoms with E-state index in [1.54, 1.807) is 0 Å². The number of rotatable bonds is 3. The highest BCUT2D eigenvalue weighted by Crippen LogP contribution is 2.16. The minimum absolute atomic E-state index is 1.00. The molecule has 0 aromatic heterocycles. The summed E-state index contributed by atoms with van der Waals surface area (Å²) in [5.41, 5.74) is 0. The highest BCUT2D eigenvalue weighted by molar-refractivity contribution is 6.75. The average Bonchev–Trinajstić information content (AvgIpc) is 1.60. The first-order valence-electron chi connectivity index (χ1n) is 2.64. The number of halogens is 3. The molecule has 0 aromatic carbocycles. The number of hydrogen-bond donors (Lipinski definition) is 1. The maximum atomic E-state index is 12.4. The van der Waals surface area contributed by atoms with Gasteiger partial charge in [-0.15, -0.1) is 0 Å². The van der Waals surface area contributed by atoms with Gasteiger partial charge in [-0.3, -0.25) is 4.11 Å². The predicted octanol–water partition coefficient (Wildman–Crippen LogP) is 1.08. The van der Waals surface area contributed by atoms with Gasteiger partial charge in [0.15, 0.2) is 0 Å². The van der Waals surface area contributed by atoms with Crippen LogP contribution >= 0.6 is 0 Å². The van der Waals surface area contributed by atoms with Crippen molar-refractivity contribution in [3.63, 3.8) is 0 Å². The van der Waals surface area contributed by atoms with Gasteiger partial charge >= 0.3 is 17.6 Å². The largest absolute Gasteiger partial charge is 0.595 e. The van der Waals surface area contributed by atoms with Gasteiger partial charge in [0, 0.05) is 0 Å². The Labute approximate surface area is 59.4 Å². The number of aliphatic hydroxyl groups is 1. The fraction of sp³-hybridized carbons (Fsp3) is 1.00. The molecule has 0 spiro atoms. The average molecular weight is 190 g/mol. The van der Waals surface area contributed by atoms with Gasteiger partial charge in [-0.05, 0) is 13.1 Å². The van der Waals surface area contributed by atoms with E-state index in [0.717, 1.165) is 13.1 Å². The summed E-state index contributed by atoms with van der Waals surface area (Å²) >= 11 is 0. The predicted molar refractivity (Wildman–Crippen MR) is 34.7 cm³/mol. The monoisotopic (exact) mass is 190 g/mol. The quantitative estimate of drug-likeness (QED) is 0.533. The van der Waals surface area contributed by atoms with Crippen LogP contribution in [0.1, 0.15) is 0 Å². The van der Waals surface area contributed by atoms with Gasteiger partial charge < -0.3 is 9.22 Å². The molecule has 0 aromatic rings. The highest BCUT2D eigenvalue weighted by Gasteiger charge is 2.44. The van der Waals surface area contributed by atoms with Crippen LogP contribution < -0.4 is 0 Å². The van der Waals surface area contributed by atoms with E-state index in [1.807, 2.05) is 0 Å². The molecule has 7 heteroatoms. The Morgan fingerprint density at radius 1 is 1.30 bits per heavy atom. The lowest BCUT2D eigenvalue weighted by Crippen LogP contribution is -2.43. The molecule has 0 aliphatic carbocycles. The second kappa shape index (κ2) is 3.03. The van der Waals surface area contributed by atoms with Crippen LogP contribution in [0.3, 0.4) is 0 Å². The number of aliphatic hydroxyl groups excluding tert-OH is 1. The summed E-state index contributed by atoms with van der Waals surface area (Å²) in [6.45, 7) is 2.01. The van der Waals surface area contributed by atoms with Crippen LogP contribution in [0.5, 0.6) is 0 Å². The molecule has 0 atom stereocenters. The van der Waals surface area contributed by atoms with Crippen LogP contribution in [0.25, 0.3) is 0 Å². The summed E-state index contributed by atoms with van der Waals surface area (Å²) in [5, 5.41) is 8.00. The lowest BCUT2D eigenvalue weighted by atomic mass is 11.7. The third-order valence-corrected chi connectivity index (χ3v) is 4.08. The van der Waals surface area contributed by atoms with E-state index in [1.165, 1.54) is 0 Å². The summed E-state index contributed by atoms with van der Waals surface area (Å²) < 4.78 is 40.5. The van der Waals surface area contributed by atoms with Crippen LogP contribution in [0.2, 0.25) is 13.1 Å². The van der Waals surface area contributed by atoms with Crippen molar-refractivity contribution in [3.8, 4) is 0 Å². The molecule has 1 N–H and O–H groups in total. The summed E-state index contributed by atoms with van der Waals surface area (Å²) in [5.74, 6) is 0. The van der Waals surface area contributed by atoms with Gasteiger partial charge in [0.05, 0.1) is 0 Å². The summed E-state index contributed by atoms with van der Waals surface area (Å²) in [7, 11) is -8.73. The first-order chi connectivity index (χ1) is 4.27. The minimum atomic E-state index is -5.07. The Morgan fingerprint density at radius 2 is 1.70 bits per heavy atom. The first-order valence-corrected chi connectivity index (χ1v) is 7.30. The smallest absolute Gasteiger partial charge is 0.391 e. The van der Waals surface area contributed by atoms with E-state index in [9.17, 15) is 12.3 Å². The first kappa shape index (κ1) is 10.1. The fourth-order valence-corrected chi connectivity index (χ4v) is 3.49. The Morgan fingerprint density at radius 3 is 1.80 bits per heavy atom. The van der Waals surface area contributed by atoms with Crippen molar-refractivity contribution in [2.24, 2.45) is 0 Å². The van der Waals surface area contributed by atoms with Crippen LogP contribution in [0.4, 0.5) is 12.3 Å². The molecule has 0 bridgehead atoms. The minimum Gasteiger partial charge on any atom is -0.391 e. The second-order valence-corrected chi connectivity index (χ2v) is 7.39. The van der Waals surface area contributed by atoms with E-state index < -0.39 is 23.9 Å². The molecule has 0 rings (SSSR count). The summed E-state index contributed by atoms with van der Waals surface area (Å²) in [6, 6.07) is 0. The van der Waals surface area contributed by atoms with Crippen molar-refractivity contribution in [2.45, 2.75) is 13.1 Å². The molecule has 0 heterocycles. The van der Waals surface area contributed by atoms with Gasteiger partial charge in [0.1, 0.15) is 6.23 Å². The molecular weight excluding hydrogens is 181 g/mol. The van der Waals surface area contributed by atoms with Gasteiger partial charge in [-0.2, -0.15) is 0 Å². The lowest BCUT2D eigenvalue weighted by Gasteiger charge is -2.17. The van der Waals surface area contributed by atoms with Crippen LogP contribution in [-0.2, 0) is 4.12 Å². The van der Waals surface area contributed by atoms with E-state index in [0.29, 0.717) is 0 Å². The Bertz CT molecular complexity index is 113. The van der Waals surface area contributed by atoms with Crippen molar-refractivity contribution in [2.75, 3.05) is 6.23 Å². The Hall–Kier alpha value is 0.144. The van der Waals surface area contributed by atoms with Crippen LogP contribution in [-0.4, -0.2) is 29.0 Å². The summed E-state index contributed by atoms with van der Waals surface area (Å²) in [6.07, 6.45) is -1.34. The molecule has 0 amide bonds. The molecule has 0 aliphatic heterocycles. The van der Waals surface area contributed by atoms with Crippen LogP contribution in [0.15, 0.2) is 0 Å². The van der Waals surface area contributed by atoms with E-state index in [-0.39, 0.29) is 0 Å². The Kier molecular flexibility index (Phi) is 3.07. The second-order valence-electron chi connectivity index (χ2n) is 2.26. The van der Waals surface area contributed by atoms with Gasteiger partial charge in [0.25, 0.3) is 0 Å². The molecule has 0 saturated carbocycles. The van der Waals surface area contributed by atoms with E-state index >= 15 is 0 Å². The molecular formula is C3H9F3O2Si2. The van der Waals surface area contributed by atoms with Crippen molar-refractivity contribution < 1.29 is 21.5 Å². The standard InChI is InChI=1S/C3H9F3O2Si2/c1-9(2,4)8-10(5,6)3-7/h7H,3H2,1-2H3. The van der Waals surface area contributed by atoms with Crippen LogP contribution in [0, 0.1) is 0 Å². The Balaban J connectivity index is 3.89. The summed E-state index contributed by atoms with van der Waals surface area (Å²) in [4.78, 5) is 0. The zero-order chi connectivity index (χ0) is 8.41. The third kappa shape index (κ3) is 4.97. The van der Waals surface area contributed by atoms with Crippen molar-refractivity contribution >= 4 is 17.6 Å². The lowest BCUT2D eigenvalue weighted by molar-refractivity contribution is 0.254. The molecule has 0 radical (unpaired) electrons. The molecule has 2 nitrogen and oxygen atoms in total. The van der Waals surface area contributed by atoms with Gasteiger partial charge in [0.2, 0.25) is 0 Å². The topological polar surface area (TPSA) is 29.5 Å². The third-order valence-electron chi connectivity index (χ3n) is 0.576. The fourth-order valence-electron chi connectivity index (χ4n) is 0.387. The van der Waals surface area contributed by atoms with Crippen molar-refractivity contribution in [1.29, 1.82) is 0 Å². The van der Waals surface area contributed by atoms with E-state index in [4.69, 9.17) is 5.11 Å². The SMILES string of the molecule is C[Si](C)(F)O[Si](F)(F)CO. The molecule has 0 unspecified atom stereocenters. The molecule has 10 heavy (non-hydrogen) atoms. The molecule has 0 fully saturated rings. The maximum absolute atomic E-state index is 12.4. The maximum Gasteiger partial charge on any atom is 0.595 e. The van der Waals surface area contributed by atoms with Gasteiger partial charge in [-0.25, -0.2) is 8.22 Å². The number of hydrogen-bond acceptors (Lipinski definition) is 2. The van der Waals surface area contributed by atoms with E-state index in [2.05, 4.69) is 4.12 Å². The molecule has 62 valence electrons. The highest BCUT2D eigenvalue weighted by atomic mass is 28.5. The zero-order valence-electron chi connectivity index (χ0n) is 5.70. The van der Waals surface area contributed by atoms with Crippen molar-refractivity contribution in [3.05, 3.63) is 0 Å². The molecule has 0 aliphatic rings. The van der Waals surface area contributed by atoms with Gasteiger partial charge in [-0.1, -0.05) is 0 Å². The normalized spacial score (nSPS) is 13.8. The van der Waals surface area contributed by atoms with Crippen molar-refractivity contribution in [1.82, 2.24) is 0 Å². The molecule has 0 saturated heterocycles. The zero-order valence-corrected chi connectivity index (χ0v) is 7.70.